The largest absolute Gasteiger partial charge is 0.431 e. The number of fused-ring (bicyclic) bond motifs is 3. The van der Waals surface area contributed by atoms with Gasteiger partial charge in [0.25, 0.3) is 5.19 Å². The van der Waals surface area contributed by atoms with Gasteiger partial charge < -0.3 is 15.0 Å². The highest BCUT2D eigenvalue weighted by Crippen LogP contribution is 2.35. The van der Waals surface area contributed by atoms with Gasteiger partial charge in [-0.2, -0.15) is 4.98 Å². The van der Waals surface area contributed by atoms with Crippen molar-refractivity contribution in [2.24, 2.45) is 0 Å². The molecule has 2 saturated heterocycles. The fourth-order valence-corrected chi connectivity index (χ4v) is 5.94. The molecule has 0 aliphatic carbocycles. The Hall–Kier alpha value is -2.51. The van der Waals surface area contributed by atoms with Gasteiger partial charge in [0.2, 0.25) is 5.91 Å². The molecule has 31 heavy (non-hydrogen) atoms. The van der Waals surface area contributed by atoms with Gasteiger partial charge in [-0.1, -0.05) is 23.5 Å². The Morgan fingerprint density at radius 1 is 1.23 bits per heavy atom. The molecule has 0 radical (unpaired) electrons. The van der Waals surface area contributed by atoms with Crippen molar-refractivity contribution in [3.8, 4) is 10.9 Å². The van der Waals surface area contributed by atoms with Gasteiger partial charge in [0.1, 0.15) is 5.75 Å². The van der Waals surface area contributed by atoms with Gasteiger partial charge in [-0.3, -0.25) is 4.79 Å². The zero-order chi connectivity index (χ0) is 21.4. The molecule has 1 aromatic carbocycles. The molecule has 6 nitrogen and oxygen atoms in total. The first-order chi connectivity index (χ1) is 15.0. The average Bonchev–Trinajstić information content (AvgIpc) is 3.26. The van der Waals surface area contributed by atoms with Gasteiger partial charge in [0.05, 0.1) is 4.70 Å². The van der Waals surface area contributed by atoms with Gasteiger partial charge in [0.15, 0.2) is 5.65 Å². The number of thiazole rings is 1. The van der Waals surface area contributed by atoms with Crippen LogP contribution in [0, 0.1) is 6.92 Å². The van der Waals surface area contributed by atoms with Crippen molar-refractivity contribution in [3.63, 3.8) is 0 Å². The summed E-state index contributed by atoms with van der Waals surface area (Å²) in [6.45, 7) is 4.69. The van der Waals surface area contributed by atoms with Gasteiger partial charge in [-0.15, -0.1) is 0 Å². The second-order valence-electron chi connectivity index (χ2n) is 8.74. The predicted molar refractivity (Wildman–Crippen MR) is 123 cm³/mol. The Kier molecular flexibility index (Phi) is 5.63. The van der Waals surface area contributed by atoms with E-state index in [0.717, 1.165) is 60.3 Å². The third-order valence-corrected chi connectivity index (χ3v) is 7.31. The van der Waals surface area contributed by atoms with Crippen LogP contribution in [0.1, 0.15) is 43.7 Å². The zero-order valence-corrected chi connectivity index (χ0v) is 18.8. The number of hydrogen-bond acceptors (Lipinski definition) is 6. The predicted octanol–water partition coefficient (Wildman–Crippen LogP) is 4.47. The molecule has 7 heteroatoms. The summed E-state index contributed by atoms with van der Waals surface area (Å²) in [5.74, 6) is 1.03. The molecular formula is C24H28N4O2S. The minimum absolute atomic E-state index is 0.241. The Bertz CT molecular complexity index is 1070. The van der Waals surface area contributed by atoms with Crippen molar-refractivity contribution >= 4 is 27.6 Å². The number of aromatic nitrogens is 2. The Morgan fingerprint density at radius 3 is 2.68 bits per heavy atom. The summed E-state index contributed by atoms with van der Waals surface area (Å²) >= 11 is 1.52. The van der Waals surface area contributed by atoms with Crippen LogP contribution < -0.4 is 10.1 Å². The highest BCUT2D eigenvalue weighted by atomic mass is 32.1. The van der Waals surface area contributed by atoms with E-state index in [-0.39, 0.29) is 5.91 Å². The van der Waals surface area contributed by atoms with Crippen LogP contribution in [0.4, 0.5) is 0 Å². The molecule has 1 N–H and O–H groups in total. The lowest BCUT2D eigenvalue weighted by molar-refractivity contribution is -0.133. The molecule has 3 aromatic rings. The van der Waals surface area contributed by atoms with E-state index < -0.39 is 0 Å². The number of pyridine rings is 1. The SMILES string of the molecule is CC(=O)N1[C@@H]2CC[C@H]1CC(NCCc1ccc(Oc3nc4ncc(C)cc4s3)cc1)C2. The van der Waals surface area contributed by atoms with Crippen LogP contribution in [0.15, 0.2) is 36.5 Å². The van der Waals surface area contributed by atoms with Crippen LogP contribution in [0.25, 0.3) is 10.3 Å². The molecule has 1 unspecified atom stereocenters. The third-order valence-electron chi connectivity index (χ3n) is 6.44. The second-order valence-corrected chi connectivity index (χ2v) is 9.74. The van der Waals surface area contributed by atoms with Crippen LogP contribution in [0.3, 0.4) is 0 Å². The first kappa shape index (κ1) is 20.4. The minimum atomic E-state index is 0.241. The summed E-state index contributed by atoms with van der Waals surface area (Å²) in [7, 11) is 0. The molecule has 2 aliphatic rings. The van der Waals surface area contributed by atoms with E-state index in [0.29, 0.717) is 23.3 Å². The molecule has 0 saturated carbocycles. The molecule has 2 bridgehead atoms. The number of rotatable bonds is 6. The van der Waals surface area contributed by atoms with Crippen LogP contribution in [-0.2, 0) is 11.2 Å². The standard InChI is InChI=1S/C24H28N4O2S/c1-15-11-22-23(26-14-15)27-24(31-22)30-21-7-3-17(4-8-21)9-10-25-18-12-19-5-6-20(13-18)28(19)16(2)29/h3-4,7-8,11,14,18-20,25H,5-6,9-10,12-13H2,1-2H3/t18?,19-,20+. The van der Waals surface area contributed by atoms with E-state index >= 15 is 0 Å². The maximum Gasteiger partial charge on any atom is 0.281 e. The van der Waals surface area contributed by atoms with Crippen molar-refractivity contribution in [2.75, 3.05) is 6.54 Å². The van der Waals surface area contributed by atoms with E-state index in [2.05, 4.69) is 38.4 Å². The lowest BCUT2D eigenvalue weighted by atomic mass is 9.97. The fraction of sp³-hybridized carbons (Fsp3) is 0.458. The molecule has 1 amide bonds. The zero-order valence-electron chi connectivity index (χ0n) is 18.0. The molecule has 2 fully saturated rings. The molecule has 2 aromatic heterocycles. The maximum absolute atomic E-state index is 11.9. The maximum atomic E-state index is 11.9. The second kappa shape index (κ2) is 8.55. The summed E-state index contributed by atoms with van der Waals surface area (Å²) in [6.07, 6.45) is 7.29. The molecular weight excluding hydrogens is 408 g/mol. The van der Waals surface area contributed by atoms with E-state index in [1.54, 1.807) is 6.92 Å². The van der Waals surface area contributed by atoms with Gasteiger partial charge >= 0.3 is 0 Å². The number of nitrogens with one attached hydrogen (secondary N) is 1. The van der Waals surface area contributed by atoms with E-state index in [1.807, 2.05) is 25.3 Å². The monoisotopic (exact) mass is 436 g/mol. The number of aryl methyl sites for hydroxylation is 1. The molecule has 162 valence electrons. The Balaban J connectivity index is 1.12. The van der Waals surface area contributed by atoms with Gasteiger partial charge in [0, 0.05) is 31.2 Å². The topological polar surface area (TPSA) is 67.4 Å². The molecule has 2 aliphatic heterocycles. The van der Waals surface area contributed by atoms with Crippen molar-refractivity contribution in [2.45, 2.75) is 64.1 Å². The highest BCUT2D eigenvalue weighted by Gasteiger charge is 2.41. The van der Waals surface area contributed by atoms with E-state index in [1.165, 1.54) is 16.9 Å². The van der Waals surface area contributed by atoms with Gasteiger partial charge in [-0.05, 0) is 74.9 Å². The van der Waals surface area contributed by atoms with Crippen molar-refractivity contribution in [1.82, 2.24) is 20.2 Å². The van der Waals surface area contributed by atoms with Crippen LogP contribution >= 0.6 is 11.3 Å². The fourth-order valence-electron chi connectivity index (χ4n) is 5.04. The van der Waals surface area contributed by atoms with Gasteiger partial charge in [-0.25, -0.2) is 4.98 Å². The minimum Gasteiger partial charge on any atom is -0.431 e. The van der Waals surface area contributed by atoms with Crippen molar-refractivity contribution < 1.29 is 9.53 Å². The molecule has 4 heterocycles. The third kappa shape index (κ3) is 4.43. The number of carbonyl (C=O) groups excluding carboxylic acids is 1. The van der Waals surface area contributed by atoms with Crippen LogP contribution in [-0.4, -0.2) is 45.4 Å². The number of piperidine rings is 1. The van der Waals surface area contributed by atoms with Crippen LogP contribution in [0.5, 0.6) is 10.9 Å². The summed E-state index contributed by atoms with van der Waals surface area (Å²) in [4.78, 5) is 22.8. The number of carbonyl (C=O) groups is 1. The average molecular weight is 437 g/mol. The lowest BCUT2D eigenvalue weighted by Gasteiger charge is -2.38. The first-order valence-corrected chi connectivity index (χ1v) is 11.9. The first-order valence-electron chi connectivity index (χ1n) is 11.1. The summed E-state index contributed by atoms with van der Waals surface area (Å²) < 4.78 is 6.98. The number of amides is 1. The number of hydrogen-bond donors (Lipinski definition) is 1. The van der Waals surface area contributed by atoms with Crippen molar-refractivity contribution in [3.05, 3.63) is 47.7 Å². The number of ether oxygens (including phenoxy) is 1. The normalized spacial score (nSPS) is 22.8. The quantitative estimate of drug-likeness (QED) is 0.618. The smallest absolute Gasteiger partial charge is 0.281 e. The number of nitrogens with zero attached hydrogens (tertiary/aromatic N) is 3. The van der Waals surface area contributed by atoms with Crippen LogP contribution in [0.2, 0.25) is 0 Å². The summed E-state index contributed by atoms with van der Waals surface area (Å²) in [5.41, 5.74) is 3.14. The molecule has 5 rings (SSSR count). The van der Waals surface area contributed by atoms with Crippen molar-refractivity contribution in [1.29, 1.82) is 0 Å². The Labute approximate surface area is 186 Å². The van der Waals surface area contributed by atoms with E-state index in [4.69, 9.17) is 4.74 Å². The molecule has 0 spiro atoms. The van der Waals surface area contributed by atoms with E-state index in [9.17, 15) is 4.79 Å². The molecule has 3 atom stereocenters. The lowest BCUT2D eigenvalue weighted by Crippen LogP contribution is -2.51. The number of benzene rings is 1. The summed E-state index contributed by atoms with van der Waals surface area (Å²) in [5, 5.41) is 4.34. The summed E-state index contributed by atoms with van der Waals surface area (Å²) in [6, 6.07) is 11.7. The Morgan fingerprint density at radius 2 is 1.97 bits per heavy atom. The highest BCUT2D eigenvalue weighted by molar-refractivity contribution is 7.20.